The van der Waals surface area contributed by atoms with Gasteiger partial charge in [-0.05, 0) is 75.2 Å². The molecule has 0 spiro atoms. The van der Waals surface area contributed by atoms with Crippen molar-refractivity contribution < 1.29 is 14.0 Å². The van der Waals surface area contributed by atoms with Crippen molar-refractivity contribution in [1.29, 1.82) is 0 Å². The molecule has 6 nitrogen and oxygen atoms in total. The first-order valence-corrected chi connectivity index (χ1v) is 12.0. The van der Waals surface area contributed by atoms with E-state index < -0.39 is 0 Å². The number of rotatable bonds is 2. The van der Waals surface area contributed by atoms with Crippen LogP contribution < -0.4 is 5.32 Å². The minimum Gasteiger partial charge on any atom is -0.469 e. The second-order valence-electron chi connectivity index (χ2n) is 10.7. The molecule has 3 amide bonds. The van der Waals surface area contributed by atoms with Gasteiger partial charge >= 0.3 is 6.03 Å². The van der Waals surface area contributed by atoms with Crippen LogP contribution in [0.25, 0.3) is 0 Å². The molecule has 6 heteroatoms. The number of fused-ring (bicyclic) bond motifs is 1. The fourth-order valence-electron chi connectivity index (χ4n) is 7.70. The van der Waals surface area contributed by atoms with Crippen molar-refractivity contribution in [2.75, 3.05) is 26.2 Å². The second kappa shape index (κ2) is 7.03. The molecule has 0 radical (unpaired) electrons. The average molecular weight is 412 g/mol. The molecule has 1 aromatic heterocycles. The Bertz CT molecular complexity index is 803. The van der Waals surface area contributed by atoms with Gasteiger partial charge in [0.2, 0.25) is 5.91 Å². The zero-order chi connectivity index (χ0) is 20.3. The zero-order valence-electron chi connectivity index (χ0n) is 17.8. The molecule has 30 heavy (non-hydrogen) atoms. The van der Waals surface area contributed by atoms with E-state index in [1.807, 2.05) is 11.0 Å². The maximum Gasteiger partial charge on any atom is 0.318 e. The predicted octanol–water partition coefficient (Wildman–Crippen LogP) is 3.73. The molecule has 4 bridgehead atoms. The SMILES string of the molecule is O=C(NC1CCCc2occc21)N1CCN(C(=O)C23CC4CC(CC(C4)C2)C3)CC1. The summed E-state index contributed by atoms with van der Waals surface area (Å²) >= 11 is 0. The third kappa shape index (κ3) is 3.05. The van der Waals surface area contributed by atoms with Crippen LogP contribution >= 0.6 is 0 Å². The Labute approximate surface area is 178 Å². The van der Waals surface area contributed by atoms with E-state index in [4.69, 9.17) is 4.42 Å². The third-order valence-electron chi connectivity index (χ3n) is 8.70. The molecular weight excluding hydrogens is 378 g/mol. The van der Waals surface area contributed by atoms with Crippen LogP contribution in [0, 0.1) is 23.2 Å². The number of carbonyl (C=O) groups is 2. The van der Waals surface area contributed by atoms with Crippen molar-refractivity contribution in [1.82, 2.24) is 15.1 Å². The molecule has 7 rings (SSSR count). The van der Waals surface area contributed by atoms with Crippen molar-refractivity contribution in [3.8, 4) is 0 Å². The number of aryl methyl sites for hydroxylation is 1. The third-order valence-corrected chi connectivity index (χ3v) is 8.70. The topological polar surface area (TPSA) is 65.8 Å². The second-order valence-corrected chi connectivity index (χ2v) is 10.7. The summed E-state index contributed by atoms with van der Waals surface area (Å²) < 4.78 is 5.55. The maximum atomic E-state index is 13.5. The smallest absolute Gasteiger partial charge is 0.318 e. The fraction of sp³-hybridized carbons (Fsp3) is 0.750. The zero-order valence-corrected chi connectivity index (χ0v) is 17.8. The van der Waals surface area contributed by atoms with Crippen LogP contribution in [0.5, 0.6) is 0 Å². The quantitative estimate of drug-likeness (QED) is 0.806. The average Bonchev–Trinajstić information content (AvgIpc) is 3.22. The molecular formula is C24H33N3O3. The highest BCUT2D eigenvalue weighted by atomic mass is 16.3. The summed E-state index contributed by atoms with van der Waals surface area (Å²) in [5.41, 5.74) is 1.06. The summed E-state index contributed by atoms with van der Waals surface area (Å²) in [7, 11) is 0. The van der Waals surface area contributed by atoms with Crippen LogP contribution in [0.4, 0.5) is 4.79 Å². The highest BCUT2D eigenvalue weighted by Crippen LogP contribution is 2.60. The maximum absolute atomic E-state index is 13.5. The number of piperazine rings is 1. The molecule has 1 N–H and O–H groups in total. The molecule has 1 aromatic rings. The first kappa shape index (κ1) is 18.8. The molecule has 5 fully saturated rings. The van der Waals surface area contributed by atoms with Crippen LogP contribution in [-0.4, -0.2) is 47.9 Å². The lowest BCUT2D eigenvalue weighted by molar-refractivity contribution is -0.159. The summed E-state index contributed by atoms with van der Waals surface area (Å²) in [6, 6.07) is 2.03. The van der Waals surface area contributed by atoms with Gasteiger partial charge in [-0.2, -0.15) is 0 Å². The summed E-state index contributed by atoms with van der Waals surface area (Å²) in [4.78, 5) is 30.4. The largest absolute Gasteiger partial charge is 0.469 e. The summed E-state index contributed by atoms with van der Waals surface area (Å²) in [5, 5.41) is 3.21. The van der Waals surface area contributed by atoms with Gasteiger partial charge in [-0.15, -0.1) is 0 Å². The number of hydrogen-bond acceptors (Lipinski definition) is 3. The lowest BCUT2D eigenvalue weighted by Gasteiger charge is -2.57. The number of hydrogen-bond donors (Lipinski definition) is 1. The summed E-state index contributed by atoms with van der Waals surface area (Å²) in [6.45, 7) is 2.62. The van der Waals surface area contributed by atoms with Crippen LogP contribution in [0.1, 0.15) is 68.7 Å². The van der Waals surface area contributed by atoms with E-state index in [-0.39, 0.29) is 17.5 Å². The fourth-order valence-corrected chi connectivity index (χ4v) is 7.70. The van der Waals surface area contributed by atoms with Crippen molar-refractivity contribution >= 4 is 11.9 Å². The van der Waals surface area contributed by atoms with E-state index in [0.717, 1.165) is 67.6 Å². The Kier molecular flexibility index (Phi) is 4.40. The molecule has 1 atom stereocenters. The van der Waals surface area contributed by atoms with Crippen molar-refractivity contribution in [3.63, 3.8) is 0 Å². The number of urea groups is 1. The van der Waals surface area contributed by atoms with Gasteiger partial charge in [0, 0.05) is 38.2 Å². The first-order valence-electron chi connectivity index (χ1n) is 12.0. The Morgan fingerprint density at radius 3 is 2.27 bits per heavy atom. The molecule has 1 aliphatic heterocycles. The van der Waals surface area contributed by atoms with E-state index >= 15 is 0 Å². The molecule has 1 unspecified atom stereocenters. The highest BCUT2D eigenvalue weighted by Gasteiger charge is 2.55. The first-order chi connectivity index (χ1) is 14.6. The Morgan fingerprint density at radius 2 is 1.60 bits per heavy atom. The van der Waals surface area contributed by atoms with Gasteiger partial charge in [0.25, 0.3) is 0 Å². The van der Waals surface area contributed by atoms with E-state index in [0.29, 0.717) is 32.1 Å². The van der Waals surface area contributed by atoms with Crippen LogP contribution in [0.15, 0.2) is 16.7 Å². The summed E-state index contributed by atoms with van der Waals surface area (Å²) in [6.07, 6.45) is 12.1. The van der Waals surface area contributed by atoms with Gasteiger partial charge in [0.15, 0.2) is 0 Å². The van der Waals surface area contributed by atoms with E-state index in [1.54, 1.807) is 6.26 Å². The molecule has 4 saturated carbocycles. The number of amides is 3. The molecule has 2 heterocycles. The molecule has 6 aliphatic rings. The van der Waals surface area contributed by atoms with Crippen LogP contribution in [-0.2, 0) is 11.2 Å². The van der Waals surface area contributed by atoms with Crippen molar-refractivity contribution in [2.45, 2.75) is 63.8 Å². The molecule has 5 aliphatic carbocycles. The van der Waals surface area contributed by atoms with Gasteiger partial charge in [0.1, 0.15) is 5.76 Å². The van der Waals surface area contributed by atoms with Gasteiger partial charge in [-0.3, -0.25) is 4.79 Å². The van der Waals surface area contributed by atoms with Gasteiger partial charge in [0.05, 0.1) is 17.7 Å². The van der Waals surface area contributed by atoms with E-state index in [9.17, 15) is 9.59 Å². The molecule has 1 saturated heterocycles. The lowest BCUT2D eigenvalue weighted by atomic mass is 9.49. The van der Waals surface area contributed by atoms with Crippen molar-refractivity contribution in [3.05, 3.63) is 23.7 Å². The Hall–Kier alpha value is -1.98. The molecule has 0 aromatic carbocycles. The van der Waals surface area contributed by atoms with Crippen LogP contribution in [0.3, 0.4) is 0 Å². The Balaban J connectivity index is 1.07. The van der Waals surface area contributed by atoms with Gasteiger partial charge in [-0.25, -0.2) is 4.79 Å². The monoisotopic (exact) mass is 411 g/mol. The van der Waals surface area contributed by atoms with Gasteiger partial charge in [-0.1, -0.05) is 0 Å². The number of furan rings is 1. The van der Waals surface area contributed by atoms with E-state index in [1.165, 1.54) is 19.3 Å². The minimum atomic E-state index is -0.0705. The van der Waals surface area contributed by atoms with Crippen molar-refractivity contribution in [2.24, 2.45) is 23.2 Å². The predicted molar refractivity (Wildman–Crippen MR) is 112 cm³/mol. The highest BCUT2D eigenvalue weighted by molar-refractivity contribution is 5.84. The number of nitrogens with zero attached hydrogens (tertiary/aromatic N) is 2. The van der Waals surface area contributed by atoms with E-state index in [2.05, 4.69) is 10.2 Å². The number of nitrogens with one attached hydrogen (secondary N) is 1. The summed E-state index contributed by atoms with van der Waals surface area (Å²) in [5.74, 6) is 3.77. The molecule has 162 valence electrons. The normalized spacial score (nSPS) is 37.2. The van der Waals surface area contributed by atoms with Gasteiger partial charge < -0.3 is 19.5 Å². The van der Waals surface area contributed by atoms with Crippen LogP contribution in [0.2, 0.25) is 0 Å². The Morgan fingerprint density at radius 1 is 0.967 bits per heavy atom. The number of carbonyl (C=O) groups excluding carboxylic acids is 2. The minimum absolute atomic E-state index is 0.00375. The lowest BCUT2D eigenvalue weighted by Crippen LogP contribution is -2.59. The standard InChI is InChI=1S/C24H33N3O3/c28-22(24-13-16-10-17(14-24)12-18(11-16)15-24)26-5-7-27(8-6-26)23(29)25-20-2-1-3-21-19(20)4-9-30-21/h4,9,16-18,20H,1-3,5-8,10-15H2,(H,25,29).